The molecule has 0 aliphatic carbocycles. The molecule has 0 radical (unpaired) electrons. The van der Waals surface area contributed by atoms with E-state index in [9.17, 15) is 14.0 Å². The number of nitrogens with one attached hydrogen (secondary N) is 1. The fourth-order valence-corrected chi connectivity index (χ4v) is 18.4. The smallest absolute Gasteiger partial charge is 0.329 e. The molecule has 1 aliphatic rings. The van der Waals surface area contributed by atoms with E-state index in [1.54, 1.807) is 11.8 Å². The second kappa shape index (κ2) is 14.7. The van der Waals surface area contributed by atoms with Crippen LogP contribution in [-0.4, -0.2) is 44.6 Å². The summed E-state index contributed by atoms with van der Waals surface area (Å²) in [6.45, 7) is 14.2. The lowest BCUT2D eigenvalue weighted by atomic mass is 10.0. The van der Waals surface area contributed by atoms with Gasteiger partial charge < -0.3 is 8.85 Å². The Balaban J connectivity index is 1.42. The minimum atomic E-state index is -2.94. The number of nitrogens with zero attached hydrogens (tertiary/aromatic N) is 1. The molecule has 51 heavy (non-hydrogen) atoms. The highest BCUT2D eigenvalue weighted by molar-refractivity contribution is 8.01. The number of halogens is 1. The van der Waals surface area contributed by atoms with E-state index in [1.165, 1.54) is 14.9 Å². The molecular formula is C41H47FN2O4SSi2. The van der Waals surface area contributed by atoms with Crippen molar-refractivity contribution in [2.45, 2.75) is 62.2 Å². The number of thioether (sulfide) groups is 1. The summed E-state index contributed by atoms with van der Waals surface area (Å²) < 4.78 is 30.8. The minimum absolute atomic E-state index is 0.0725. The van der Waals surface area contributed by atoms with Gasteiger partial charge in [-0.05, 0) is 30.8 Å². The maximum Gasteiger partial charge on any atom is 0.329 e. The van der Waals surface area contributed by atoms with Gasteiger partial charge in [0.2, 0.25) is 5.82 Å². The summed E-state index contributed by atoms with van der Waals surface area (Å²) in [7, 11) is -5.81. The zero-order chi connectivity index (χ0) is 36.4. The van der Waals surface area contributed by atoms with E-state index >= 15 is 0 Å². The quantitative estimate of drug-likeness (QED) is 0.167. The number of aromatic nitrogens is 2. The molecule has 0 unspecified atom stereocenters. The predicted molar refractivity (Wildman–Crippen MR) is 212 cm³/mol. The van der Waals surface area contributed by atoms with E-state index in [1.807, 2.05) is 24.3 Å². The van der Waals surface area contributed by atoms with Gasteiger partial charge in [0, 0.05) is 24.4 Å². The molecule has 4 aromatic carbocycles. The molecule has 5 aromatic rings. The fourth-order valence-electron chi connectivity index (χ4n) is 7.70. The molecule has 6 nitrogen and oxygen atoms in total. The Labute approximate surface area is 306 Å². The highest BCUT2D eigenvalue weighted by atomic mass is 32.2. The molecule has 0 spiro atoms. The van der Waals surface area contributed by atoms with E-state index in [2.05, 4.69) is 144 Å². The molecule has 0 saturated carbocycles. The number of rotatable bonds is 11. The molecule has 1 aliphatic heterocycles. The summed E-state index contributed by atoms with van der Waals surface area (Å²) in [6.07, 6.45) is 1.04. The van der Waals surface area contributed by atoms with Crippen molar-refractivity contribution in [2.75, 3.05) is 13.2 Å². The van der Waals surface area contributed by atoms with Crippen LogP contribution in [0.3, 0.4) is 0 Å². The summed E-state index contributed by atoms with van der Waals surface area (Å²) in [5, 5.41) is 3.66. The van der Waals surface area contributed by atoms with Crippen LogP contribution in [0.4, 0.5) is 4.39 Å². The van der Waals surface area contributed by atoms with Gasteiger partial charge in [-0.15, -0.1) is 11.8 Å². The van der Waals surface area contributed by atoms with E-state index in [4.69, 9.17) is 8.85 Å². The predicted octanol–water partition coefficient (Wildman–Crippen LogP) is 6.06. The molecular weight excluding hydrogens is 692 g/mol. The van der Waals surface area contributed by atoms with Gasteiger partial charge in [0.1, 0.15) is 0 Å². The van der Waals surface area contributed by atoms with Gasteiger partial charge in [0.05, 0.1) is 11.6 Å². The molecule has 1 fully saturated rings. The lowest BCUT2D eigenvalue weighted by Crippen LogP contribution is -2.68. The Morgan fingerprint density at radius 2 is 1.02 bits per heavy atom. The standard InChI is InChI=1S/C41H47FN2O4SSi2/c1-40(2,3)50(30-19-11-7-12-20-30,31-21-13-8-14-22-31)47-28-34-36(49-38(34)44-27-35(42)37(45)43-39(44)46)29-48-51(41(4,5)6,32-23-15-9-16-24-32)33-25-17-10-18-26-33/h7-27,34,36,38H,28-29H2,1-6H3,(H,43,45,46)/t34-,36-,38-/m1/s1. The maximum atomic E-state index is 14.7. The lowest BCUT2D eigenvalue weighted by Gasteiger charge is -2.50. The SMILES string of the molecule is CC(C)(C)[Si](OC[C@H]1[C@H](n2cc(F)c(=O)[nH]c2=O)S[C@@H]1CO[Si](c1ccccc1)(c1ccccc1)C(C)(C)C)(c1ccccc1)c1ccccc1. The van der Waals surface area contributed by atoms with Crippen molar-refractivity contribution in [3.8, 4) is 0 Å². The largest absolute Gasteiger partial charge is 0.407 e. The van der Waals surface area contributed by atoms with Crippen LogP contribution in [0.25, 0.3) is 0 Å². The van der Waals surface area contributed by atoms with E-state index in [0.29, 0.717) is 13.2 Å². The third kappa shape index (κ3) is 6.92. The first-order chi connectivity index (χ1) is 24.3. The zero-order valence-electron chi connectivity index (χ0n) is 30.1. The second-order valence-corrected chi connectivity index (χ2v) is 25.3. The Hall–Kier alpha value is -3.81. The summed E-state index contributed by atoms with van der Waals surface area (Å²) in [4.78, 5) is 27.4. The molecule has 1 N–H and O–H groups in total. The van der Waals surface area contributed by atoms with E-state index < -0.39 is 39.1 Å². The molecule has 0 bridgehead atoms. The highest BCUT2D eigenvalue weighted by Gasteiger charge is 2.55. The van der Waals surface area contributed by atoms with Crippen LogP contribution in [0.5, 0.6) is 0 Å². The summed E-state index contributed by atoms with van der Waals surface area (Å²) in [5.41, 5.74) is -1.66. The van der Waals surface area contributed by atoms with E-state index in [0.717, 1.165) is 16.6 Å². The van der Waals surface area contributed by atoms with Gasteiger partial charge in [0.15, 0.2) is 0 Å². The molecule has 0 amide bonds. The molecule has 2 heterocycles. The zero-order valence-corrected chi connectivity index (χ0v) is 33.0. The van der Waals surface area contributed by atoms with Gasteiger partial charge in [-0.2, -0.15) is 4.39 Å². The van der Waals surface area contributed by atoms with Crippen molar-refractivity contribution < 1.29 is 13.2 Å². The number of hydrogen-bond donors (Lipinski definition) is 1. The Morgan fingerprint density at radius 3 is 1.39 bits per heavy atom. The number of aromatic amines is 1. The van der Waals surface area contributed by atoms with Gasteiger partial charge in [-0.3, -0.25) is 14.3 Å². The maximum absolute atomic E-state index is 14.7. The van der Waals surface area contributed by atoms with Crippen LogP contribution in [-0.2, 0) is 8.85 Å². The highest BCUT2D eigenvalue weighted by Crippen LogP contribution is 2.51. The molecule has 10 heteroatoms. The van der Waals surface area contributed by atoms with Crippen molar-refractivity contribution >= 4 is 49.1 Å². The van der Waals surface area contributed by atoms with Crippen LogP contribution in [0.2, 0.25) is 10.1 Å². The summed E-state index contributed by atoms with van der Waals surface area (Å²) in [5.74, 6) is -1.22. The lowest BCUT2D eigenvalue weighted by molar-refractivity contribution is 0.165. The molecule has 6 rings (SSSR count). The Morgan fingerprint density at radius 1 is 0.647 bits per heavy atom. The second-order valence-electron chi connectivity index (χ2n) is 15.3. The fraction of sp³-hybridized carbons (Fsp3) is 0.317. The van der Waals surface area contributed by atoms with Crippen LogP contribution in [0.15, 0.2) is 137 Å². The number of benzene rings is 4. The van der Waals surface area contributed by atoms with Crippen LogP contribution < -0.4 is 32.0 Å². The summed E-state index contributed by atoms with van der Waals surface area (Å²) in [6, 6.07) is 41.9. The molecule has 3 atom stereocenters. The summed E-state index contributed by atoms with van der Waals surface area (Å²) >= 11 is 1.56. The van der Waals surface area contributed by atoms with Crippen molar-refractivity contribution in [1.82, 2.24) is 9.55 Å². The van der Waals surface area contributed by atoms with Crippen molar-refractivity contribution in [3.63, 3.8) is 0 Å². The van der Waals surface area contributed by atoms with Crippen molar-refractivity contribution in [1.29, 1.82) is 0 Å². The topological polar surface area (TPSA) is 73.3 Å². The normalized spacial score (nSPS) is 18.3. The van der Waals surface area contributed by atoms with Crippen LogP contribution >= 0.6 is 11.8 Å². The van der Waals surface area contributed by atoms with Crippen molar-refractivity contribution in [3.05, 3.63) is 154 Å². The first-order valence-corrected chi connectivity index (χ1v) is 22.2. The van der Waals surface area contributed by atoms with Gasteiger partial charge in [0.25, 0.3) is 22.2 Å². The Kier molecular flexibility index (Phi) is 10.6. The van der Waals surface area contributed by atoms with E-state index in [-0.39, 0.29) is 21.2 Å². The third-order valence-corrected chi connectivity index (χ3v) is 21.8. The number of H-pyrrole nitrogens is 1. The number of hydrogen-bond acceptors (Lipinski definition) is 5. The molecule has 1 aromatic heterocycles. The van der Waals surface area contributed by atoms with Crippen molar-refractivity contribution in [2.24, 2.45) is 5.92 Å². The monoisotopic (exact) mass is 738 g/mol. The average molecular weight is 739 g/mol. The van der Waals surface area contributed by atoms with Gasteiger partial charge in [-0.1, -0.05) is 163 Å². The average Bonchev–Trinajstić information content (AvgIpc) is 3.10. The van der Waals surface area contributed by atoms with Gasteiger partial charge in [-0.25, -0.2) is 4.79 Å². The van der Waals surface area contributed by atoms with Gasteiger partial charge >= 0.3 is 5.69 Å². The first-order valence-electron chi connectivity index (χ1n) is 17.5. The first kappa shape index (κ1) is 37.0. The van der Waals surface area contributed by atoms with Crippen LogP contribution in [0, 0.1) is 11.7 Å². The third-order valence-electron chi connectivity index (χ3n) is 10.1. The molecule has 1 saturated heterocycles. The Bertz CT molecular complexity index is 1950. The van der Waals surface area contributed by atoms with Crippen LogP contribution in [0.1, 0.15) is 46.9 Å². The molecule has 266 valence electrons. The minimum Gasteiger partial charge on any atom is -0.407 e.